The summed E-state index contributed by atoms with van der Waals surface area (Å²) >= 11 is 0. The number of nitrogens with one attached hydrogen (secondary N) is 2. The van der Waals surface area contributed by atoms with Gasteiger partial charge in [0.15, 0.2) is 5.82 Å². The molecule has 0 aliphatic heterocycles. The Balaban J connectivity index is 1.83. The van der Waals surface area contributed by atoms with Gasteiger partial charge in [-0.1, -0.05) is 25.1 Å². The molecular formula is C16H19FN4O3. The first-order valence-electron chi connectivity index (χ1n) is 7.54. The standard InChI is InChI=1S/C16H19FN4O3/c1-9(2)14-20-13(24-21-14)6-7-18-15(22)16(23)19-12-8-10(3)4-5-11(12)17/h4-5,8-9H,6-7H2,1-3H3,(H,18,22)(H,19,23). The number of rotatable bonds is 5. The highest BCUT2D eigenvalue weighted by molar-refractivity contribution is 6.39. The van der Waals surface area contributed by atoms with E-state index in [2.05, 4.69) is 20.8 Å². The van der Waals surface area contributed by atoms with Crippen molar-refractivity contribution in [3.8, 4) is 0 Å². The van der Waals surface area contributed by atoms with Crippen LogP contribution in [-0.4, -0.2) is 28.5 Å². The molecule has 0 atom stereocenters. The van der Waals surface area contributed by atoms with E-state index in [1.54, 1.807) is 13.0 Å². The van der Waals surface area contributed by atoms with Crippen LogP contribution in [-0.2, 0) is 16.0 Å². The van der Waals surface area contributed by atoms with E-state index >= 15 is 0 Å². The Hall–Kier alpha value is -2.77. The molecule has 1 heterocycles. The van der Waals surface area contributed by atoms with Crippen molar-refractivity contribution < 1.29 is 18.5 Å². The first kappa shape index (κ1) is 17.6. The maximum absolute atomic E-state index is 13.6. The number of halogens is 1. The Kier molecular flexibility index (Phi) is 5.62. The number of amides is 2. The van der Waals surface area contributed by atoms with Gasteiger partial charge < -0.3 is 15.2 Å². The smallest absolute Gasteiger partial charge is 0.313 e. The van der Waals surface area contributed by atoms with Crippen molar-refractivity contribution >= 4 is 17.5 Å². The Morgan fingerprint density at radius 3 is 2.71 bits per heavy atom. The molecule has 0 bridgehead atoms. The van der Waals surface area contributed by atoms with Gasteiger partial charge in [0.1, 0.15) is 5.82 Å². The minimum Gasteiger partial charge on any atom is -0.347 e. The Bertz CT molecular complexity index is 743. The van der Waals surface area contributed by atoms with E-state index in [4.69, 9.17) is 4.52 Å². The maximum Gasteiger partial charge on any atom is 0.313 e. The van der Waals surface area contributed by atoms with Gasteiger partial charge in [-0.15, -0.1) is 0 Å². The average molecular weight is 334 g/mol. The fourth-order valence-electron chi connectivity index (χ4n) is 1.88. The van der Waals surface area contributed by atoms with Crippen LogP contribution in [0, 0.1) is 12.7 Å². The van der Waals surface area contributed by atoms with Crippen LogP contribution in [0.1, 0.15) is 37.0 Å². The number of anilines is 1. The summed E-state index contributed by atoms with van der Waals surface area (Å²) in [5.74, 6) is -1.29. The van der Waals surface area contributed by atoms with Crippen LogP contribution in [0.2, 0.25) is 0 Å². The number of hydrogen-bond acceptors (Lipinski definition) is 5. The van der Waals surface area contributed by atoms with Gasteiger partial charge in [-0.25, -0.2) is 4.39 Å². The van der Waals surface area contributed by atoms with Gasteiger partial charge in [0, 0.05) is 18.9 Å². The summed E-state index contributed by atoms with van der Waals surface area (Å²) in [5, 5.41) is 8.47. The molecule has 1 aromatic carbocycles. The van der Waals surface area contributed by atoms with E-state index in [-0.39, 0.29) is 18.2 Å². The van der Waals surface area contributed by atoms with Gasteiger partial charge in [0.25, 0.3) is 0 Å². The van der Waals surface area contributed by atoms with E-state index in [1.165, 1.54) is 12.1 Å². The van der Waals surface area contributed by atoms with Crippen molar-refractivity contribution in [1.29, 1.82) is 0 Å². The molecule has 2 N–H and O–H groups in total. The van der Waals surface area contributed by atoms with E-state index in [1.807, 2.05) is 13.8 Å². The second-order valence-electron chi connectivity index (χ2n) is 5.64. The normalized spacial score (nSPS) is 10.7. The summed E-state index contributed by atoms with van der Waals surface area (Å²) in [7, 11) is 0. The summed E-state index contributed by atoms with van der Waals surface area (Å²) < 4.78 is 18.6. The van der Waals surface area contributed by atoms with Gasteiger partial charge in [-0.05, 0) is 24.6 Å². The third kappa shape index (κ3) is 4.61. The van der Waals surface area contributed by atoms with Crippen molar-refractivity contribution in [2.45, 2.75) is 33.1 Å². The van der Waals surface area contributed by atoms with Crippen LogP contribution in [0.4, 0.5) is 10.1 Å². The molecule has 0 spiro atoms. The average Bonchev–Trinajstić information content (AvgIpc) is 3.00. The van der Waals surface area contributed by atoms with Crippen molar-refractivity contribution in [3.05, 3.63) is 41.3 Å². The lowest BCUT2D eigenvalue weighted by molar-refractivity contribution is -0.136. The quantitative estimate of drug-likeness (QED) is 0.815. The van der Waals surface area contributed by atoms with Crippen molar-refractivity contribution in [2.24, 2.45) is 0 Å². The SMILES string of the molecule is Cc1ccc(F)c(NC(=O)C(=O)NCCc2nc(C(C)C)no2)c1. The van der Waals surface area contributed by atoms with E-state index in [9.17, 15) is 14.0 Å². The predicted octanol–water partition coefficient (Wildman–Crippen LogP) is 1.94. The summed E-state index contributed by atoms with van der Waals surface area (Å²) in [4.78, 5) is 27.7. The Morgan fingerprint density at radius 1 is 1.29 bits per heavy atom. The topological polar surface area (TPSA) is 97.1 Å². The molecule has 0 saturated carbocycles. The summed E-state index contributed by atoms with van der Waals surface area (Å²) in [6, 6.07) is 4.25. The van der Waals surface area contributed by atoms with E-state index < -0.39 is 17.6 Å². The number of hydrogen-bond donors (Lipinski definition) is 2. The Morgan fingerprint density at radius 2 is 2.04 bits per heavy atom. The molecule has 0 aliphatic rings. The fourth-order valence-corrected chi connectivity index (χ4v) is 1.88. The van der Waals surface area contributed by atoms with Crippen LogP contribution in [0.25, 0.3) is 0 Å². The molecule has 1 aromatic heterocycles. The second-order valence-corrected chi connectivity index (χ2v) is 5.64. The second kappa shape index (κ2) is 7.67. The van der Waals surface area contributed by atoms with Gasteiger partial charge in [0.2, 0.25) is 5.89 Å². The lowest BCUT2D eigenvalue weighted by Gasteiger charge is -2.07. The molecule has 128 valence electrons. The molecular weight excluding hydrogens is 315 g/mol. The molecule has 0 radical (unpaired) electrons. The van der Waals surface area contributed by atoms with Crippen LogP contribution in [0.3, 0.4) is 0 Å². The zero-order chi connectivity index (χ0) is 17.7. The first-order valence-corrected chi connectivity index (χ1v) is 7.54. The minimum atomic E-state index is -0.937. The summed E-state index contributed by atoms with van der Waals surface area (Å²) in [6.45, 7) is 5.78. The van der Waals surface area contributed by atoms with Gasteiger partial charge in [-0.3, -0.25) is 9.59 Å². The number of aromatic nitrogens is 2. The van der Waals surface area contributed by atoms with Gasteiger partial charge in [0.05, 0.1) is 5.69 Å². The molecule has 0 saturated heterocycles. The molecule has 8 heteroatoms. The van der Waals surface area contributed by atoms with Gasteiger partial charge in [-0.2, -0.15) is 4.98 Å². The lowest BCUT2D eigenvalue weighted by Crippen LogP contribution is -2.36. The largest absolute Gasteiger partial charge is 0.347 e. The number of carbonyl (C=O) groups is 2. The molecule has 0 unspecified atom stereocenters. The van der Waals surface area contributed by atoms with E-state index in [0.29, 0.717) is 18.1 Å². The van der Waals surface area contributed by atoms with Gasteiger partial charge >= 0.3 is 11.8 Å². The molecule has 2 aromatic rings. The van der Waals surface area contributed by atoms with Crippen LogP contribution in [0.15, 0.2) is 22.7 Å². The fraction of sp³-hybridized carbons (Fsp3) is 0.375. The van der Waals surface area contributed by atoms with Crippen LogP contribution < -0.4 is 10.6 Å². The molecule has 24 heavy (non-hydrogen) atoms. The number of nitrogens with zero attached hydrogens (tertiary/aromatic N) is 2. The van der Waals surface area contributed by atoms with Crippen molar-refractivity contribution in [3.63, 3.8) is 0 Å². The molecule has 2 amide bonds. The molecule has 2 rings (SSSR count). The molecule has 0 aliphatic carbocycles. The highest BCUT2D eigenvalue weighted by Gasteiger charge is 2.16. The van der Waals surface area contributed by atoms with Crippen molar-refractivity contribution in [1.82, 2.24) is 15.5 Å². The zero-order valence-electron chi connectivity index (χ0n) is 13.7. The third-order valence-electron chi connectivity index (χ3n) is 3.20. The maximum atomic E-state index is 13.6. The predicted molar refractivity (Wildman–Crippen MR) is 84.9 cm³/mol. The third-order valence-corrected chi connectivity index (χ3v) is 3.20. The lowest BCUT2D eigenvalue weighted by atomic mass is 10.2. The highest BCUT2D eigenvalue weighted by Crippen LogP contribution is 2.15. The number of aryl methyl sites for hydroxylation is 1. The highest BCUT2D eigenvalue weighted by atomic mass is 19.1. The summed E-state index contributed by atoms with van der Waals surface area (Å²) in [6.07, 6.45) is 0.303. The number of benzene rings is 1. The number of carbonyl (C=O) groups excluding carboxylic acids is 2. The zero-order valence-corrected chi connectivity index (χ0v) is 13.7. The summed E-state index contributed by atoms with van der Waals surface area (Å²) in [5.41, 5.74) is 0.734. The molecule has 0 fully saturated rings. The van der Waals surface area contributed by atoms with Crippen LogP contribution >= 0.6 is 0 Å². The molecule has 7 nitrogen and oxygen atoms in total. The Labute approximate surface area is 138 Å². The van der Waals surface area contributed by atoms with Crippen LogP contribution in [0.5, 0.6) is 0 Å². The van der Waals surface area contributed by atoms with Crippen molar-refractivity contribution in [2.75, 3.05) is 11.9 Å². The first-order chi connectivity index (χ1) is 11.4. The minimum absolute atomic E-state index is 0.0337. The monoisotopic (exact) mass is 334 g/mol. The van der Waals surface area contributed by atoms with E-state index in [0.717, 1.165) is 5.56 Å².